The number of aliphatic hydroxyl groups is 2. The van der Waals surface area contributed by atoms with Crippen LogP contribution in [0.25, 0.3) is 0 Å². The second kappa shape index (κ2) is 12.8. The van der Waals surface area contributed by atoms with Crippen LogP contribution >= 0.6 is 11.6 Å². The molecule has 3 rings (SSSR count). The number of benzene rings is 1. The molecule has 2 aliphatic carbocycles. The summed E-state index contributed by atoms with van der Waals surface area (Å²) in [5.74, 6) is 0.629. The van der Waals surface area contributed by atoms with Gasteiger partial charge in [0.15, 0.2) is 0 Å². The van der Waals surface area contributed by atoms with Crippen molar-refractivity contribution in [2.45, 2.75) is 94.1 Å². The Bertz CT molecular complexity index is 726. The minimum atomic E-state index is -0.451. The highest BCUT2D eigenvalue weighted by atomic mass is 35.5. The molecule has 2 aliphatic rings. The molecule has 0 aliphatic heterocycles. The first-order chi connectivity index (χ1) is 15.5. The molecule has 1 aromatic rings. The fraction of sp³-hybridized carbons (Fsp3) is 0.667. The molecular formula is C27H39ClO4. The lowest BCUT2D eigenvalue weighted by Gasteiger charge is -2.25. The highest BCUT2D eigenvalue weighted by Crippen LogP contribution is 2.45. The molecule has 1 aromatic carbocycles. The molecule has 5 heteroatoms. The van der Waals surface area contributed by atoms with Gasteiger partial charge in [0.25, 0.3) is 0 Å². The maximum Gasteiger partial charge on any atom is 0.305 e. The number of esters is 1. The Morgan fingerprint density at radius 3 is 2.59 bits per heavy atom. The van der Waals surface area contributed by atoms with Gasteiger partial charge in [-0.3, -0.25) is 4.79 Å². The van der Waals surface area contributed by atoms with Crippen LogP contribution in [0.4, 0.5) is 0 Å². The Morgan fingerprint density at radius 2 is 1.91 bits per heavy atom. The predicted octanol–water partition coefficient (Wildman–Crippen LogP) is 6.05. The SMILES string of the molecule is COC(=O)CCC/C=C\C[C@@H]1[C@@H](c2ccc(C(O)CC3CCCCC3)cc2)[C@H](O)C[C@@H]1Cl. The van der Waals surface area contributed by atoms with E-state index in [-0.39, 0.29) is 23.2 Å². The van der Waals surface area contributed by atoms with Crippen LogP contribution in [0.5, 0.6) is 0 Å². The average Bonchev–Trinajstić information content (AvgIpc) is 3.09. The fourth-order valence-corrected chi connectivity index (χ4v) is 5.92. The highest BCUT2D eigenvalue weighted by Gasteiger charge is 2.41. The van der Waals surface area contributed by atoms with Gasteiger partial charge >= 0.3 is 5.97 Å². The zero-order valence-corrected chi connectivity index (χ0v) is 20.1. The van der Waals surface area contributed by atoms with Crippen LogP contribution in [0.15, 0.2) is 36.4 Å². The second-order valence-electron chi connectivity index (χ2n) is 9.61. The number of hydrogen-bond donors (Lipinski definition) is 2. The van der Waals surface area contributed by atoms with Crippen LogP contribution in [-0.2, 0) is 9.53 Å². The summed E-state index contributed by atoms with van der Waals surface area (Å²) in [6.07, 6.45) is 14.0. The zero-order valence-electron chi connectivity index (χ0n) is 19.3. The number of alkyl halides is 1. The van der Waals surface area contributed by atoms with Crippen molar-refractivity contribution in [1.29, 1.82) is 0 Å². The van der Waals surface area contributed by atoms with Crippen molar-refractivity contribution in [1.82, 2.24) is 0 Å². The summed E-state index contributed by atoms with van der Waals surface area (Å²) < 4.78 is 4.66. The van der Waals surface area contributed by atoms with Gasteiger partial charge < -0.3 is 14.9 Å². The summed E-state index contributed by atoms with van der Waals surface area (Å²) in [6.45, 7) is 0. The third kappa shape index (κ3) is 7.07. The van der Waals surface area contributed by atoms with Crippen LogP contribution in [0, 0.1) is 11.8 Å². The third-order valence-electron chi connectivity index (χ3n) is 7.35. The van der Waals surface area contributed by atoms with Gasteiger partial charge in [-0.05, 0) is 55.1 Å². The van der Waals surface area contributed by atoms with E-state index < -0.39 is 12.2 Å². The number of halogens is 1. The molecule has 5 atom stereocenters. The number of methoxy groups -OCH3 is 1. The standard InChI is InChI=1S/C27H39ClO4/c1-32-26(31)12-8-3-2-7-11-22-23(28)18-25(30)27(22)21-15-13-20(14-16-21)24(29)17-19-9-5-4-6-10-19/h2,7,13-16,19,22-25,27,29-30H,3-6,8-12,17-18H2,1H3/b7-2-/t22-,23-,24?,25+,27+/m0/s1. The molecule has 2 fully saturated rings. The molecule has 0 spiro atoms. The van der Waals surface area contributed by atoms with Gasteiger partial charge in [-0.2, -0.15) is 0 Å². The smallest absolute Gasteiger partial charge is 0.305 e. The zero-order chi connectivity index (χ0) is 22.9. The molecule has 2 saturated carbocycles. The highest BCUT2D eigenvalue weighted by molar-refractivity contribution is 6.21. The van der Waals surface area contributed by atoms with E-state index >= 15 is 0 Å². The van der Waals surface area contributed by atoms with Gasteiger partial charge in [-0.25, -0.2) is 0 Å². The monoisotopic (exact) mass is 462 g/mol. The number of unbranched alkanes of at least 4 members (excludes halogenated alkanes) is 1. The van der Waals surface area contributed by atoms with E-state index in [9.17, 15) is 15.0 Å². The first-order valence-electron chi connectivity index (χ1n) is 12.3. The molecule has 0 saturated heterocycles. The summed E-state index contributed by atoms with van der Waals surface area (Å²) >= 11 is 6.61. The Kier molecular flexibility index (Phi) is 10.1. The van der Waals surface area contributed by atoms with Crippen LogP contribution in [0.2, 0.25) is 0 Å². The van der Waals surface area contributed by atoms with Gasteiger partial charge in [0, 0.05) is 17.7 Å². The van der Waals surface area contributed by atoms with E-state index in [1.165, 1.54) is 39.2 Å². The number of ether oxygens (including phenoxy) is 1. The van der Waals surface area contributed by atoms with E-state index in [0.29, 0.717) is 18.8 Å². The maximum absolute atomic E-state index is 11.2. The topological polar surface area (TPSA) is 66.8 Å². The minimum Gasteiger partial charge on any atom is -0.469 e. The van der Waals surface area contributed by atoms with Crippen molar-refractivity contribution in [3.8, 4) is 0 Å². The number of rotatable bonds is 10. The van der Waals surface area contributed by atoms with Crippen molar-refractivity contribution in [3.05, 3.63) is 47.5 Å². The van der Waals surface area contributed by atoms with E-state index in [0.717, 1.165) is 36.8 Å². The summed E-state index contributed by atoms with van der Waals surface area (Å²) in [7, 11) is 1.41. The molecule has 0 amide bonds. The van der Waals surface area contributed by atoms with Gasteiger partial charge in [0.05, 0.1) is 19.3 Å². The molecule has 0 aromatic heterocycles. The third-order valence-corrected chi connectivity index (χ3v) is 7.85. The molecular weight excluding hydrogens is 424 g/mol. The van der Waals surface area contributed by atoms with Gasteiger partial charge in [0.2, 0.25) is 0 Å². The van der Waals surface area contributed by atoms with Crippen LogP contribution in [0.1, 0.15) is 93.8 Å². The summed E-state index contributed by atoms with van der Waals surface area (Å²) in [6, 6.07) is 8.18. The summed E-state index contributed by atoms with van der Waals surface area (Å²) in [5, 5.41) is 21.3. The van der Waals surface area contributed by atoms with Crippen molar-refractivity contribution in [2.24, 2.45) is 11.8 Å². The Morgan fingerprint density at radius 1 is 1.19 bits per heavy atom. The minimum absolute atomic E-state index is 0.00163. The molecule has 178 valence electrons. The van der Waals surface area contributed by atoms with Crippen molar-refractivity contribution in [2.75, 3.05) is 7.11 Å². The summed E-state index contributed by atoms with van der Waals surface area (Å²) in [4.78, 5) is 11.2. The number of carbonyl (C=O) groups is 1. The van der Waals surface area contributed by atoms with Gasteiger partial charge in [-0.15, -0.1) is 11.6 Å². The molecule has 0 radical (unpaired) electrons. The predicted molar refractivity (Wildman–Crippen MR) is 129 cm³/mol. The largest absolute Gasteiger partial charge is 0.469 e. The molecule has 1 unspecified atom stereocenters. The lowest BCUT2D eigenvalue weighted by Crippen LogP contribution is -2.18. The first-order valence-corrected chi connectivity index (χ1v) is 12.7. The summed E-state index contributed by atoms with van der Waals surface area (Å²) in [5.41, 5.74) is 2.06. The number of aliphatic hydroxyl groups excluding tert-OH is 2. The van der Waals surface area contributed by atoms with E-state index in [1.807, 2.05) is 12.1 Å². The number of allylic oxidation sites excluding steroid dienone is 2. The normalized spacial score (nSPS) is 27.6. The van der Waals surface area contributed by atoms with Crippen molar-refractivity contribution < 1.29 is 19.7 Å². The van der Waals surface area contributed by atoms with Gasteiger partial charge in [0.1, 0.15) is 0 Å². The van der Waals surface area contributed by atoms with E-state index in [1.54, 1.807) is 0 Å². The van der Waals surface area contributed by atoms with E-state index in [2.05, 4.69) is 29.0 Å². The lowest BCUT2D eigenvalue weighted by atomic mass is 9.83. The quantitative estimate of drug-likeness (QED) is 0.192. The van der Waals surface area contributed by atoms with Crippen molar-refractivity contribution >= 4 is 17.6 Å². The lowest BCUT2D eigenvalue weighted by molar-refractivity contribution is -0.140. The first kappa shape index (κ1) is 25.3. The Labute approximate surface area is 198 Å². The second-order valence-corrected chi connectivity index (χ2v) is 10.2. The van der Waals surface area contributed by atoms with Crippen LogP contribution in [-0.4, -0.2) is 34.8 Å². The van der Waals surface area contributed by atoms with Crippen LogP contribution in [0.3, 0.4) is 0 Å². The number of carbonyl (C=O) groups excluding carboxylic acids is 1. The molecule has 32 heavy (non-hydrogen) atoms. The molecule has 0 heterocycles. The molecule has 0 bridgehead atoms. The van der Waals surface area contributed by atoms with Crippen LogP contribution < -0.4 is 0 Å². The molecule has 4 nitrogen and oxygen atoms in total. The average molecular weight is 463 g/mol. The molecule has 2 N–H and O–H groups in total. The Balaban J connectivity index is 1.56. The fourth-order valence-electron chi connectivity index (χ4n) is 5.48. The van der Waals surface area contributed by atoms with E-state index in [4.69, 9.17) is 11.6 Å². The number of hydrogen-bond acceptors (Lipinski definition) is 4. The Hall–Kier alpha value is -1.36. The van der Waals surface area contributed by atoms with Gasteiger partial charge in [-0.1, -0.05) is 68.5 Å². The van der Waals surface area contributed by atoms with Crippen molar-refractivity contribution in [3.63, 3.8) is 0 Å². The maximum atomic E-state index is 11.2.